The van der Waals surface area contributed by atoms with Crippen molar-refractivity contribution in [2.45, 2.75) is 12.7 Å². The highest BCUT2D eigenvalue weighted by atomic mass is 19.4. The Morgan fingerprint density at radius 1 is 1.10 bits per heavy atom. The fraction of sp³-hybridized carbons (Fsp3) is 0.105. The number of anilines is 1. The van der Waals surface area contributed by atoms with Gasteiger partial charge in [-0.25, -0.2) is 0 Å². The highest BCUT2D eigenvalue weighted by molar-refractivity contribution is 6.03. The van der Waals surface area contributed by atoms with Gasteiger partial charge in [-0.15, -0.1) is 0 Å². The number of hydrogen-bond acceptors (Lipinski definition) is 6. The van der Waals surface area contributed by atoms with Gasteiger partial charge in [0.05, 0.1) is 24.0 Å². The first-order valence-electron chi connectivity index (χ1n) is 8.61. The predicted octanol–water partition coefficient (Wildman–Crippen LogP) is 3.65. The van der Waals surface area contributed by atoms with Gasteiger partial charge < -0.3 is 9.84 Å². The zero-order valence-corrected chi connectivity index (χ0v) is 15.2. The molecule has 0 aliphatic rings. The molecule has 30 heavy (non-hydrogen) atoms. The fourth-order valence-electron chi connectivity index (χ4n) is 2.75. The lowest BCUT2D eigenvalue weighted by molar-refractivity contribution is -0.138. The zero-order chi connectivity index (χ0) is 21.1. The van der Waals surface area contributed by atoms with Crippen LogP contribution in [0.5, 0.6) is 0 Å². The average Bonchev–Trinajstić information content (AvgIpc) is 3.38. The molecule has 0 saturated carbocycles. The average molecular weight is 414 g/mol. The van der Waals surface area contributed by atoms with E-state index in [4.69, 9.17) is 4.52 Å². The van der Waals surface area contributed by atoms with Crippen LogP contribution in [0.1, 0.15) is 21.6 Å². The lowest BCUT2D eigenvalue weighted by Crippen LogP contribution is -2.13. The van der Waals surface area contributed by atoms with Gasteiger partial charge in [-0.1, -0.05) is 5.16 Å². The summed E-state index contributed by atoms with van der Waals surface area (Å²) in [6.07, 6.45) is 3.62. The minimum absolute atomic E-state index is 0.0375. The van der Waals surface area contributed by atoms with Gasteiger partial charge in [-0.2, -0.15) is 18.3 Å². The van der Waals surface area contributed by atoms with E-state index in [1.165, 1.54) is 23.1 Å². The normalized spacial score (nSPS) is 11.4. The molecular formula is C19H13F3N6O2. The Bertz CT molecular complexity index is 1170. The summed E-state index contributed by atoms with van der Waals surface area (Å²) >= 11 is 0. The van der Waals surface area contributed by atoms with Crippen LogP contribution in [0.25, 0.3) is 11.3 Å². The predicted molar refractivity (Wildman–Crippen MR) is 98.3 cm³/mol. The van der Waals surface area contributed by atoms with Gasteiger partial charge >= 0.3 is 6.18 Å². The number of pyridine rings is 2. The highest BCUT2D eigenvalue weighted by Crippen LogP contribution is 2.31. The van der Waals surface area contributed by atoms with E-state index < -0.39 is 17.6 Å². The van der Waals surface area contributed by atoms with Crippen molar-refractivity contribution in [2.24, 2.45) is 0 Å². The van der Waals surface area contributed by atoms with E-state index >= 15 is 0 Å². The second-order valence-electron chi connectivity index (χ2n) is 6.22. The first-order valence-corrected chi connectivity index (χ1v) is 8.61. The molecular weight excluding hydrogens is 401 g/mol. The molecule has 0 bridgehead atoms. The Balaban J connectivity index is 1.46. The van der Waals surface area contributed by atoms with Crippen molar-refractivity contribution in [3.63, 3.8) is 0 Å². The van der Waals surface area contributed by atoms with Crippen LogP contribution in [-0.4, -0.2) is 30.8 Å². The standard InChI is InChI=1S/C19H13F3N6O2/c20-19(21,22)15-3-6-24-8-13(15)10-28-11-14(9-25-28)26-18(29)16-7-17(30-27-16)12-1-4-23-5-2-12/h1-9,11H,10H2,(H,26,29). The monoisotopic (exact) mass is 414 g/mol. The number of carbonyl (C=O) groups is 1. The SMILES string of the molecule is O=C(Nc1cnn(Cc2cnccc2C(F)(F)F)c1)c1cc(-c2ccncc2)on1. The third-order valence-electron chi connectivity index (χ3n) is 4.14. The summed E-state index contributed by atoms with van der Waals surface area (Å²) in [5.41, 5.74) is 0.225. The Labute approximate surface area is 167 Å². The summed E-state index contributed by atoms with van der Waals surface area (Å²) in [6, 6.07) is 5.80. The molecule has 152 valence electrons. The van der Waals surface area contributed by atoms with Crippen molar-refractivity contribution < 1.29 is 22.5 Å². The molecule has 8 nitrogen and oxygen atoms in total. The summed E-state index contributed by atoms with van der Waals surface area (Å²) < 4.78 is 45.8. The summed E-state index contributed by atoms with van der Waals surface area (Å²) in [5.74, 6) is -0.148. The minimum Gasteiger partial charge on any atom is -0.355 e. The number of amides is 1. The molecule has 0 fully saturated rings. The fourth-order valence-corrected chi connectivity index (χ4v) is 2.75. The van der Waals surface area contributed by atoms with Crippen molar-refractivity contribution in [1.82, 2.24) is 24.9 Å². The Morgan fingerprint density at radius 2 is 1.87 bits per heavy atom. The smallest absolute Gasteiger partial charge is 0.355 e. The topological polar surface area (TPSA) is 98.7 Å². The van der Waals surface area contributed by atoms with Gasteiger partial charge in [0.2, 0.25) is 0 Å². The number of alkyl halides is 3. The molecule has 4 aromatic heterocycles. The van der Waals surface area contributed by atoms with Gasteiger partial charge in [0, 0.05) is 48.2 Å². The van der Waals surface area contributed by atoms with Crippen LogP contribution < -0.4 is 5.32 Å². The molecule has 0 saturated heterocycles. The number of hydrogen-bond donors (Lipinski definition) is 1. The van der Waals surface area contributed by atoms with Crippen molar-refractivity contribution in [2.75, 3.05) is 5.32 Å². The van der Waals surface area contributed by atoms with E-state index in [9.17, 15) is 18.0 Å². The van der Waals surface area contributed by atoms with Gasteiger partial charge in [0.25, 0.3) is 5.91 Å². The van der Waals surface area contributed by atoms with E-state index in [0.29, 0.717) is 17.0 Å². The first-order chi connectivity index (χ1) is 14.4. The quantitative estimate of drug-likeness (QED) is 0.535. The van der Waals surface area contributed by atoms with Crippen molar-refractivity contribution in [1.29, 1.82) is 0 Å². The zero-order valence-electron chi connectivity index (χ0n) is 15.2. The Morgan fingerprint density at radius 3 is 2.63 bits per heavy atom. The number of rotatable bonds is 5. The van der Waals surface area contributed by atoms with E-state index in [2.05, 4.69) is 25.5 Å². The van der Waals surface area contributed by atoms with Crippen LogP contribution in [0.3, 0.4) is 0 Å². The van der Waals surface area contributed by atoms with Crippen LogP contribution >= 0.6 is 0 Å². The number of nitrogens with zero attached hydrogens (tertiary/aromatic N) is 5. The van der Waals surface area contributed by atoms with E-state index in [0.717, 1.165) is 18.5 Å². The van der Waals surface area contributed by atoms with Crippen LogP contribution in [0.4, 0.5) is 18.9 Å². The molecule has 0 spiro atoms. The molecule has 11 heteroatoms. The number of nitrogens with one attached hydrogen (secondary N) is 1. The molecule has 4 rings (SSSR count). The molecule has 0 aliphatic carbocycles. The van der Waals surface area contributed by atoms with Crippen molar-refractivity contribution in [3.05, 3.63) is 78.3 Å². The third-order valence-corrected chi connectivity index (χ3v) is 4.14. The maximum Gasteiger partial charge on any atom is 0.416 e. The number of halogens is 3. The van der Waals surface area contributed by atoms with Crippen molar-refractivity contribution >= 4 is 11.6 Å². The Hall–Kier alpha value is -4.02. The highest BCUT2D eigenvalue weighted by Gasteiger charge is 2.33. The molecule has 4 aromatic rings. The summed E-state index contributed by atoms with van der Waals surface area (Å²) in [4.78, 5) is 20.0. The number of aromatic nitrogens is 5. The Kier molecular flexibility index (Phi) is 5.00. The maximum absolute atomic E-state index is 13.1. The van der Waals surface area contributed by atoms with E-state index in [-0.39, 0.29) is 17.8 Å². The molecule has 0 radical (unpaired) electrons. The van der Waals surface area contributed by atoms with Gasteiger partial charge in [0.1, 0.15) is 0 Å². The lowest BCUT2D eigenvalue weighted by Gasteiger charge is -2.11. The second-order valence-corrected chi connectivity index (χ2v) is 6.22. The molecule has 0 aliphatic heterocycles. The first kappa shape index (κ1) is 19.3. The molecule has 0 aromatic carbocycles. The van der Waals surface area contributed by atoms with Crippen LogP contribution in [0.2, 0.25) is 0 Å². The summed E-state index contributed by atoms with van der Waals surface area (Å²) in [5, 5.41) is 10.3. The summed E-state index contributed by atoms with van der Waals surface area (Å²) in [7, 11) is 0. The molecule has 0 atom stereocenters. The molecule has 1 amide bonds. The van der Waals surface area contributed by atoms with Crippen molar-refractivity contribution in [3.8, 4) is 11.3 Å². The van der Waals surface area contributed by atoms with Gasteiger partial charge in [-0.3, -0.25) is 19.4 Å². The number of carbonyl (C=O) groups excluding carboxylic acids is 1. The van der Waals surface area contributed by atoms with E-state index in [1.807, 2.05) is 0 Å². The molecule has 0 unspecified atom stereocenters. The minimum atomic E-state index is -4.50. The molecule has 1 N–H and O–H groups in total. The van der Waals surface area contributed by atoms with E-state index in [1.54, 1.807) is 24.5 Å². The lowest BCUT2D eigenvalue weighted by atomic mass is 10.1. The second kappa shape index (κ2) is 7.78. The molecule has 4 heterocycles. The van der Waals surface area contributed by atoms with Crippen LogP contribution in [-0.2, 0) is 12.7 Å². The maximum atomic E-state index is 13.1. The largest absolute Gasteiger partial charge is 0.416 e. The third kappa shape index (κ3) is 4.19. The van der Waals surface area contributed by atoms with Gasteiger partial charge in [0.15, 0.2) is 11.5 Å². The van der Waals surface area contributed by atoms with Gasteiger partial charge in [-0.05, 0) is 18.2 Å². The van der Waals surface area contributed by atoms with Crippen LogP contribution in [0.15, 0.2) is 66.0 Å². The summed E-state index contributed by atoms with van der Waals surface area (Å²) in [6.45, 7) is -0.158. The van der Waals surface area contributed by atoms with Crippen LogP contribution in [0, 0.1) is 0 Å².